The zero-order valence-corrected chi connectivity index (χ0v) is 13.7. The third-order valence-electron chi connectivity index (χ3n) is 2.73. The van der Waals surface area contributed by atoms with Gasteiger partial charge in [0, 0.05) is 15.6 Å². The van der Waals surface area contributed by atoms with Gasteiger partial charge in [0.15, 0.2) is 0 Å². The van der Waals surface area contributed by atoms with Gasteiger partial charge in [-0.15, -0.1) is 0 Å². The number of hydrazone groups is 1. The Bertz CT molecular complexity index is 733. The number of hydrogen-bond donors (Lipinski definition) is 1. The zero-order valence-electron chi connectivity index (χ0n) is 11.4. The summed E-state index contributed by atoms with van der Waals surface area (Å²) in [6, 6.07) is 10.1. The van der Waals surface area contributed by atoms with E-state index in [0.29, 0.717) is 15.6 Å². The predicted molar refractivity (Wildman–Crippen MR) is 89.5 cm³/mol. The molecule has 0 atom stereocenters. The number of carbonyl (C=O) groups is 1. The van der Waals surface area contributed by atoms with Gasteiger partial charge in [0.25, 0.3) is 5.91 Å². The maximum atomic E-state index is 12.1. The molecule has 7 heteroatoms. The van der Waals surface area contributed by atoms with Crippen LogP contribution in [0.5, 0.6) is 5.75 Å². The number of halogens is 3. The minimum absolute atomic E-state index is 0.191. The Morgan fingerprint density at radius 1 is 1.18 bits per heavy atom. The summed E-state index contributed by atoms with van der Waals surface area (Å²) in [6.07, 6.45) is 1.44. The molecular formula is C15H11Cl3N2O2. The summed E-state index contributed by atoms with van der Waals surface area (Å²) < 4.78 is 5.11. The largest absolute Gasteiger partial charge is 0.494 e. The molecular weight excluding hydrogens is 347 g/mol. The molecule has 2 aromatic carbocycles. The Hall–Kier alpha value is -1.75. The molecule has 114 valence electrons. The van der Waals surface area contributed by atoms with Crippen molar-refractivity contribution in [1.82, 2.24) is 5.43 Å². The molecule has 0 aliphatic rings. The quantitative estimate of drug-likeness (QED) is 0.650. The lowest BCUT2D eigenvalue weighted by atomic mass is 10.2. The monoisotopic (exact) mass is 356 g/mol. The van der Waals surface area contributed by atoms with Gasteiger partial charge in [-0.25, -0.2) is 5.43 Å². The van der Waals surface area contributed by atoms with Gasteiger partial charge in [-0.2, -0.15) is 5.10 Å². The maximum Gasteiger partial charge on any atom is 0.275 e. The maximum absolute atomic E-state index is 12.1. The van der Waals surface area contributed by atoms with Crippen LogP contribution in [-0.2, 0) is 0 Å². The molecule has 4 nitrogen and oxygen atoms in total. The summed E-state index contributed by atoms with van der Waals surface area (Å²) in [6.45, 7) is 0. The van der Waals surface area contributed by atoms with Crippen molar-refractivity contribution in [2.75, 3.05) is 7.11 Å². The average Bonchev–Trinajstić information content (AvgIpc) is 2.48. The first kappa shape index (κ1) is 16.6. The first-order chi connectivity index (χ1) is 10.5. The Kier molecular flexibility index (Phi) is 5.66. The molecule has 0 saturated heterocycles. The second-order valence-electron chi connectivity index (χ2n) is 4.19. The molecule has 0 aliphatic carbocycles. The van der Waals surface area contributed by atoms with E-state index < -0.39 is 5.91 Å². The molecule has 1 amide bonds. The molecule has 0 aliphatic heterocycles. The van der Waals surface area contributed by atoms with Crippen LogP contribution in [0, 0.1) is 0 Å². The zero-order chi connectivity index (χ0) is 16.1. The summed E-state index contributed by atoms with van der Waals surface area (Å²) >= 11 is 17.9. The third-order valence-corrected chi connectivity index (χ3v) is 3.58. The van der Waals surface area contributed by atoms with Crippen molar-refractivity contribution < 1.29 is 9.53 Å². The summed E-state index contributed by atoms with van der Waals surface area (Å²) in [5.74, 6) is -0.263. The van der Waals surface area contributed by atoms with Crippen molar-refractivity contribution in [2.24, 2.45) is 5.10 Å². The molecule has 0 radical (unpaired) electrons. The molecule has 2 rings (SSSR count). The van der Waals surface area contributed by atoms with E-state index in [0.717, 1.165) is 0 Å². The molecule has 0 bridgehead atoms. The Balaban J connectivity index is 2.18. The van der Waals surface area contributed by atoms with Gasteiger partial charge in [0.05, 0.1) is 23.9 Å². The Morgan fingerprint density at radius 3 is 2.59 bits per heavy atom. The number of ether oxygens (including phenoxy) is 1. The second kappa shape index (κ2) is 7.49. The summed E-state index contributed by atoms with van der Waals surface area (Å²) in [4.78, 5) is 12.1. The first-order valence-corrected chi connectivity index (χ1v) is 7.27. The highest BCUT2D eigenvalue weighted by Crippen LogP contribution is 2.32. The number of methoxy groups -OCH3 is 1. The third kappa shape index (κ3) is 3.91. The van der Waals surface area contributed by atoms with Gasteiger partial charge in [0.1, 0.15) is 5.75 Å². The van der Waals surface area contributed by atoms with E-state index in [9.17, 15) is 4.79 Å². The van der Waals surface area contributed by atoms with Crippen LogP contribution in [0.25, 0.3) is 0 Å². The van der Waals surface area contributed by atoms with E-state index in [2.05, 4.69) is 10.5 Å². The van der Waals surface area contributed by atoms with Crippen molar-refractivity contribution in [3.05, 3.63) is 62.6 Å². The Labute approximate surface area is 142 Å². The number of rotatable bonds is 4. The van der Waals surface area contributed by atoms with Gasteiger partial charge in [0.2, 0.25) is 0 Å². The molecule has 0 aromatic heterocycles. The standard InChI is InChI=1S/C15H11Cl3N2O2/c1-22-14-11(6-10(16)7-13(14)18)15(21)20-19-8-9-4-2-3-5-12(9)17/h2-8H,1H3,(H,20,21). The van der Waals surface area contributed by atoms with Crippen LogP contribution < -0.4 is 10.2 Å². The normalized spacial score (nSPS) is 10.7. The average molecular weight is 358 g/mol. The number of hydrogen-bond acceptors (Lipinski definition) is 3. The number of benzene rings is 2. The van der Waals surface area contributed by atoms with Crippen LogP contribution in [-0.4, -0.2) is 19.2 Å². The predicted octanol–water partition coefficient (Wildman–Crippen LogP) is 4.42. The van der Waals surface area contributed by atoms with Gasteiger partial charge >= 0.3 is 0 Å². The van der Waals surface area contributed by atoms with Gasteiger partial charge in [-0.1, -0.05) is 53.0 Å². The van der Waals surface area contributed by atoms with E-state index in [4.69, 9.17) is 39.5 Å². The van der Waals surface area contributed by atoms with Crippen LogP contribution in [0.1, 0.15) is 15.9 Å². The highest BCUT2D eigenvalue weighted by atomic mass is 35.5. The SMILES string of the molecule is COc1c(Cl)cc(Cl)cc1C(=O)NN=Cc1ccccc1Cl. The van der Waals surface area contributed by atoms with E-state index in [1.54, 1.807) is 18.2 Å². The van der Waals surface area contributed by atoms with Crippen LogP contribution >= 0.6 is 34.8 Å². The van der Waals surface area contributed by atoms with Crippen molar-refractivity contribution in [2.45, 2.75) is 0 Å². The van der Waals surface area contributed by atoms with Crippen LogP contribution in [0.3, 0.4) is 0 Å². The second-order valence-corrected chi connectivity index (χ2v) is 5.44. The number of nitrogens with zero attached hydrogens (tertiary/aromatic N) is 1. The smallest absolute Gasteiger partial charge is 0.275 e. The molecule has 0 fully saturated rings. The van der Waals surface area contributed by atoms with Crippen LogP contribution in [0.2, 0.25) is 15.1 Å². The van der Waals surface area contributed by atoms with Crippen molar-refractivity contribution in [3.8, 4) is 5.75 Å². The number of carbonyl (C=O) groups excluding carboxylic acids is 1. The van der Waals surface area contributed by atoms with Gasteiger partial charge in [-0.3, -0.25) is 4.79 Å². The van der Waals surface area contributed by atoms with Crippen molar-refractivity contribution in [3.63, 3.8) is 0 Å². The summed E-state index contributed by atoms with van der Waals surface area (Å²) in [5, 5.41) is 4.96. The van der Waals surface area contributed by atoms with Crippen molar-refractivity contribution in [1.29, 1.82) is 0 Å². The lowest BCUT2D eigenvalue weighted by Crippen LogP contribution is -2.18. The van der Waals surface area contributed by atoms with Gasteiger partial charge < -0.3 is 4.74 Å². The molecule has 22 heavy (non-hydrogen) atoms. The minimum atomic E-state index is -0.496. The highest BCUT2D eigenvalue weighted by Gasteiger charge is 2.16. The number of amides is 1. The van der Waals surface area contributed by atoms with E-state index in [-0.39, 0.29) is 16.3 Å². The fourth-order valence-corrected chi connectivity index (χ4v) is 2.49. The summed E-state index contributed by atoms with van der Waals surface area (Å²) in [5.41, 5.74) is 3.25. The topological polar surface area (TPSA) is 50.7 Å². The fraction of sp³-hybridized carbons (Fsp3) is 0.0667. The molecule has 0 unspecified atom stereocenters. The Morgan fingerprint density at radius 2 is 1.91 bits per heavy atom. The fourth-order valence-electron chi connectivity index (χ4n) is 1.74. The first-order valence-electron chi connectivity index (χ1n) is 6.14. The highest BCUT2D eigenvalue weighted by molar-refractivity contribution is 6.36. The molecule has 0 saturated carbocycles. The van der Waals surface area contributed by atoms with Crippen LogP contribution in [0.4, 0.5) is 0 Å². The number of nitrogens with one attached hydrogen (secondary N) is 1. The van der Waals surface area contributed by atoms with E-state index in [1.807, 2.05) is 6.07 Å². The van der Waals surface area contributed by atoms with E-state index in [1.165, 1.54) is 25.5 Å². The van der Waals surface area contributed by atoms with Gasteiger partial charge in [-0.05, 0) is 18.2 Å². The van der Waals surface area contributed by atoms with Crippen molar-refractivity contribution >= 4 is 46.9 Å². The lowest BCUT2D eigenvalue weighted by Gasteiger charge is -2.09. The molecule has 2 aromatic rings. The summed E-state index contributed by atoms with van der Waals surface area (Å²) in [7, 11) is 1.42. The molecule has 0 spiro atoms. The van der Waals surface area contributed by atoms with Crippen LogP contribution in [0.15, 0.2) is 41.5 Å². The molecule has 0 heterocycles. The van der Waals surface area contributed by atoms with E-state index >= 15 is 0 Å². The lowest BCUT2D eigenvalue weighted by molar-refractivity contribution is 0.0952. The molecule has 1 N–H and O–H groups in total. The minimum Gasteiger partial charge on any atom is -0.494 e.